The van der Waals surface area contributed by atoms with Crippen molar-refractivity contribution < 1.29 is 14.3 Å². The summed E-state index contributed by atoms with van der Waals surface area (Å²) in [6.45, 7) is 2.95. The van der Waals surface area contributed by atoms with Crippen LogP contribution in [0.25, 0.3) is 0 Å². The van der Waals surface area contributed by atoms with Crippen molar-refractivity contribution in [3.63, 3.8) is 0 Å². The van der Waals surface area contributed by atoms with Crippen LogP contribution in [0, 0.1) is 0 Å². The molecule has 3 N–H and O–H groups in total. The van der Waals surface area contributed by atoms with Gasteiger partial charge in [-0.05, 0) is 61.4 Å². The minimum absolute atomic E-state index is 0.0463. The molecule has 6 nitrogen and oxygen atoms in total. The summed E-state index contributed by atoms with van der Waals surface area (Å²) in [5, 5.41) is 3.19. The number of nitrogens with one attached hydrogen (secondary N) is 1. The third-order valence-electron chi connectivity index (χ3n) is 6.29. The summed E-state index contributed by atoms with van der Waals surface area (Å²) in [7, 11) is 0. The van der Waals surface area contributed by atoms with Crippen LogP contribution >= 0.6 is 11.8 Å². The van der Waals surface area contributed by atoms with Crippen LogP contribution in [-0.4, -0.2) is 53.4 Å². The maximum absolute atomic E-state index is 12.8. The molecule has 0 bridgehead atoms. The Kier molecular flexibility index (Phi) is 6.83. The van der Waals surface area contributed by atoms with Crippen LogP contribution in [0.4, 0.5) is 0 Å². The molecule has 0 spiro atoms. The molecule has 0 atom stereocenters. The number of nitrogens with zero attached hydrogens (tertiary/aromatic N) is 1. The van der Waals surface area contributed by atoms with Gasteiger partial charge in [-0.25, -0.2) is 0 Å². The molecule has 1 aliphatic carbocycles. The quantitative estimate of drug-likeness (QED) is 0.688. The number of nitrogens with two attached hydrogens (primary N) is 1. The topological polar surface area (TPSA) is 84.7 Å². The molecule has 2 fully saturated rings. The summed E-state index contributed by atoms with van der Waals surface area (Å²) in [6, 6.07) is 13.8. The standard InChI is InChI=1S/C24H29N3O3S/c25-22(28)18-3-7-20(8-4-18)30-21-9-5-19(6-10-21)23(29)26-17-24(11-1-2-12-24)27-13-15-31-16-14-27/h3-10H,1-2,11-17H2,(H2,25,28)(H,26,29). The van der Waals surface area contributed by atoms with Crippen molar-refractivity contribution in [1.29, 1.82) is 0 Å². The molecule has 0 unspecified atom stereocenters. The van der Waals surface area contributed by atoms with Gasteiger partial charge in [-0.15, -0.1) is 0 Å². The molecule has 164 valence electrons. The van der Waals surface area contributed by atoms with Gasteiger partial charge in [-0.2, -0.15) is 11.8 Å². The zero-order chi connectivity index (χ0) is 21.7. The zero-order valence-corrected chi connectivity index (χ0v) is 18.5. The molecule has 7 heteroatoms. The highest BCUT2D eigenvalue weighted by Crippen LogP contribution is 2.36. The van der Waals surface area contributed by atoms with Gasteiger partial charge in [0.25, 0.3) is 5.91 Å². The van der Waals surface area contributed by atoms with Crippen LogP contribution in [0.15, 0.2) is 48.5 Å². The third kappa shape index (κ3) is 5.22. The maximum Gasteiger partial charge on any atom is 0.251 e. The molecule has 2 amide bonds. The van der Waals surface area contributed by atoms with Crippen LogP contribution in [0.3, 0.4) is 0 Å². The molecule has 2 aliphatic rings. The Morgan fingerprint density at radius 1 is 0.935 bits per heavy atom. The molecule has 2 aromatic rings. The lowest BCUT2D eigenvalue weighted by Crippen LogP contribution is -2.56. The molecule has 2 aromatic carbocycles. The molecular formula is C24H29N3O3S. The molecule has 1 saturated carbocycles. The summed E-state index contributed by atoms with van der Waals surface area (Å²) in [4.78, 5) is 26.5. The smallest absolute Gasteiger partial charge is 0.251 e. The first kappa shape index (κ1) is 21.7. The van der Waals surface area contributed by atoms with Gasteiger partial charge in [0.15, 0.2) is 0 Å². The zero-order valence-electron chi connectivity index (χ0n) is 17.6. The van der Waals surface area contributed by atoms with Gasteiger partial charge in [0, 0.05) is 47.8 Å². The maximum atomic E-state index is 12.8. The normalized spacial score (nSPS) is 18.5. The van der Waals surface area contributed by atoms with Gasteiger partial charge >= 0.3 is 0 Å². The first-order valence-electron chi connectivity index (χ1n) is 10.8. The van der Waals surface area contributed by atoms with E-state index in [1.165, 1.54) is 37.2 Å². The predicted molar refractivity (Wildman–Crippen MR) is 124 cm³/mol. The second kappa shape index (κ2) is 9.75. The predicted octanol–water partition coefficient (Wildman–Crippen LogP) is 3.67. The minimum Gasteiger partial charge on any atom is -0.457 e. The summed E-state index contributed by atoms with van der Waals surface area (Å²) in [5.74, 6) is 3.08. The highest BCUT2D eigenvalue weighted by Gasteiger charge is 2.40. The lowest BCUT2D eigenvalue weighted by Gasteiger charge is -2.43. The number of thioether (sulfide) groups is 1. The Bertz CT molecular complexity index is 903. The Balaban J connectivity index is 1.35. The fourth-order valence-electron chi connectivity index (χ4n) is 4.52. The van der Waals surface area contributed by atoms with Crippen molar-refractivity contribution in [2.45, 2.75) is 31.2 Å². The number of benzene rings is 2. The van der Waals surface area contributed by atoms with E-state index in [-0.39, 0.29) is 11.4 Å². The summed E-state index contributed by atoms with van der Waals surface area (Å²) in [5.41, 5.74) is 6.43. The number of hydrogen-bond donors (Lipinski definition) is 2. The van der Waals surface area contributed by atoms with Crippen molar-refractivity contribution in [1.82, 2.24) is 10.2 Å². The number of carbonyl (C=O) groups is 2. The first-order valence-corrected chi connectivity index (χ1v) is 12.0. The van der Waals surface area contributed by atoms with Crippen LogP contribution in [0.2, 0.25) is 0 Å². The number of primary amides is 1. The number of amides is 2. The summed E-state index contributed by atoms with van der Waals surface area (Å²) < 4.78 is 5.79. The van der Waals surface area contributed by atoms with Crippen molar-refractivity contribution in [3.05, 3.63) is 59.7 Å². The van der Waals surface area contributed by atoms with E-state index in [4.69, 9.17) is 10.5 Å². The Hall–Kier alpha value is -2.51. The average molecular weight is 440 g/mol. The number of hydrogen-bond acceptors (Lipinski definition) is 5. The lowest BCUT2D eigenvalue weighted by atomic mass is 9.94. The molecule has 1 saturated heterocycles. The highest BCUT2D eigenvalue weighted by atomic mass is 32.2. The van der Waals surface area contributed by atoms with Crippen LogP contribution < -0.4 is 15.8 Å². The van der Waals surface area contributed by atoms with E-state index in [0.717, 1.165) is 13.1 Å². The number of rotatable bonds is 7. The fraction of sp³-hybridized carbons (Fsp3) is 0.417. The summed E-state index contributed by atoms with van der Waals surface area (Å²) in [6.07, 6.45) is 4.82. The average Bonchev–Trinajstić information content (AvgIpc) is 3.29. The van der Waals surface area contributed by atoms with Crippen LogP contribution in [-0.2, 0) is 0 Å². The Morgan fingerprint density at radius 3 is 2.03 bits per heavy atom. The van der Waals surface area contributed by atoms with Gasteiger partial charge in [0.2, 0.25) is 5.91 Å². The highest BCUT2D eigenvalue weighted by molar-refractivity contribution is 7.99. The van der Waals surface area contributed by atoms with E-state index in [0.29, 0.717) is 29.2 Å². The minimum atomic E-state index is -0.472. The van der Waals surface area contributed by atoms with Gasteiger partial charge in [-0.1, -0.05) is 12.8 Å². The number of ether oxygens (including phenoxy) is 1. The van der Waals surface area contributed by atoms with Crippen LogP contribution in [0.5, 0.6) is 11.5 Å². The van der Waals surface area contributed by atoms with Crippen LogP contribution in [0.1, 0.15) is 46.4 Å². The van der Waals surface area contributed by atoms with E-state index in [9.17, 15) is 9.59 Å². The van der Waals surface area contributed by atoms with E-state index in [1.54, 1.807) is 48.5 Å². The molecule has 0 aromatic heterocycles. The first-order chi connectivity index (χ1) is 15.1. The molecule has 0 radical (unpaired) electrons. The van der Waals surface area contributed by atoms with Gasteiger partial charge in [0.1, 0.15) is 11.5 Å². The Labute approximate surface area is 187 Å². The number of carbonyl (C=O) groups excluding carboxylic acids is 2. The SMILES string of the molecule is NC(=O)c1ccc(Oc2ccc(C(=O)NCC3(N4CCSCC4)CCCC3)cc2)cc1. The van der Waals surface area contributed by atoms with Gasteiger partial charge in [-0.3, -0.25) is 14.5 Å². The van der Waals surface area contributed by atoms with Gasteiger partial charge < -0.3 is 15.8 Å². The molecule has 31 heavy (non-hydrogen) atoms. The Morgan fingerprint density at radius 2 is 1.48 bits per heavy atom. The van der Waals surface area contributed by atoms with E-state index >= 15 is 0 Å². The van der Waals surface area contributed by atoms with Crippen molar-refractivity contribution in [2.75, 3.05) is 31.1 Å². The monoisotopic (exact) mass is 439 g/mol. The second-order valence-corrected chi connectivity index (χ2v) is 9.45. The molecule has 4 rings (SSSR count). The van der Waals surface area contributed by atoms with Crippen molar-refractivity contribution in [2.24, 2.45) is 5.73 Å². The van der Waals surface area contributed by atoms with E-state index in [2.05, 4.69) is 10.2 Å². The van der Waals surface area contributed by atoms with Crippen molar-refractivity contribution >= 4 is 23.6 Å². The largest absolute Gasteiger partial charge is 0.457 e. The second-order valence-electron chi connectivity index (χ2n) is 8.23. The molecular weight excluding hydrogens is 410 g/mol. The fourth-order valence-corrected chi connectivity index (χ4v) is 5.42. The van der Waals surface area contributed by atoms with Crippen molar-refractivity contribution in [3.8, 4) is 11.5 Å². The summed E-state index contributed by atoms with van der Waals surface area (Å²) >= 11 is 2.02. The third-order valence-corrected chi connectivity index (χ3v) is 7.23. The lowest BCUT2D eigenvalue weighted by molar-refractivity contribution is 0.0817. The van der Waals surface area contributed by atoms with E-state index < -0.39 is 5.91 Å². The van der Waals surface area contributed by atoms with E-state index in [1.807, 2.05) is 11.8 Å². The molecule has 1 heterocycles. The van der Waals surface area contributed by atoms with Gasteiger partial charge in [0.05, 0.1) is 0 Å². The molecule has 1 aliphatic heterocycles.